The highest BCUT2D eigenvalue weighted by Gasteiger charge is 2.10. The molecule has 92 valence electrons. The highest BCUT2D eigenvalue weighted by Crippen LogP contribution is 2.21. The third-order valence-electron chi connectivity index (χ3n) is 2.27. The van der Waals surface area contributed by atoms with Gasteiger partial charge in [-0.25, -0.2) is 9.78 Å². The standard InChI is InChI=1S/C13H10BrNO3/c14-11-6-10(7-15-12(11)13(16)17)18-8-9-4-2-1-3-5-9/h1-7H,8H2,(H,16,17). The molecule has 0 aliphatic carbocycles. The topological polar surface area (TPSA) is 59.4 Å². The molecule has 2 aromatic rings. The predicted octanol–water partition coefficient (Wildman–Crippen LogP) is 3.12. The summed E-state index contributed by atoms with van der Waals surface area (Å²) in [4.78, 5) is 14.6. The minimum absolute atomic E-state index is 0.0259. The Kier molecular flexibility index (Phi) is 3.94. The van der Waals surface area contributed by atoms with Crippen LogP contribution < -0.4 is 4.74 Å². The van der Waals surface area contributed by atoms with Crippen molar-refractivity contribution in [2.24, 2.45) is 0 Å². The fraction of sp³-hybridized carbons (Fsp3) is 0.0769. The van der Waals surface area contributed by atoms with Crippen LogP contribution in [-0.2, 0) is 6.61 Å². The van der Waals surface area contributed by atoms with Crippen LogP contribution in [0.15, 0.2) is 47.1 Å². The van der Waals surface area contributed by atoms with E-state index in [4.69, 9.17) is 9.84 Å². The first-order valence-corrected chi connectivity index (χ1v) is 6.01. The molecule has 18 heavy (non-hydrogen) atoms. The molecule has 0 saturated heterocycles. The Morgan fingerprint density at radius 1 is 1.33 bits per heavy atom. The number of hydrogen-bond acceptors (Lipinski definition) is 3. The van der Waals surface area contributed by atoms with Crippen LogP contribution >= 0.6 is 15.9 Å². The summed E-state index contributed by atoms with van der Waals surface area (Å²) in [6.45, 7) is 0.418. The fourth-order valence-electron chi connectivity index (χ4n) is 1.40. The van der Waals surface area contributed by atoms with E-state index in [1.165, 1.54) is 6.20 Å². The summed E-state index contributed by atoms with van der Waals surface area (Å²) < 4.78 is 5.93. The molecule has 0 aliphatic heterocycles. The van der Waals surface area contributed by atoms with Gasteiger partial charge in [0.2, 0.25) is 0 Å². The molecule has 0 amide bonds. The van der Waals surface area contributed by atoms with Gasteiger partial charge in [-0.3, -0.25) is 0 Å². The lowest BCUT2D eigenvalue weighted by Gasteiger charge is -2.07. The molecule has 0 radical (unpaired) electrons. The van der Waals surface area contributed by atoms with Crippen molar-refractivity contribution in [2.45, 2.75) is 6.61 Å². The summed E-state index contributed by atoms with van der Waals surface area (Å²) in [6.07, 6.45) is 1.40. The van der Waals surface area contributed by atoms with Crippen LogP contribution in [-0.4, -0.2) is 16.1 Å². The number of ether oxygens (including phenoxy) is 1. The van der Waals surface area contributed by atoms with Crippen LogP contribution in [0.1, 0.15) is 16.1 Å². The molecular weight excluding hydrogens is 298 g/mol. The van der Waals surface area contributed by atoms with Crippen LogP contribution in [0, 0.1) is 0 Å². The largest absolute Gasteiger partial charge is 0.487 e. The molecular formula is C13H10BrNO3. The first kappa shape index (κ1) is 12.6. The van der Waals surface area contributed by atoms with Crippen molar-refractivity contribution in [3.8, 4) is 5.75 Å². The molecule has 0 bridgehead atoms. The lowest BCUT2D eigenvalue weighted by molar-refractivity contribution is 0.0689. The number of halogens is 1. The van der Waals surface area contributed by atoms with E-state index in [1.807, 2.05) is 30.3 Å². The van der Waals surface area contributed by atoms with Crippen LogP contribution in [0.3, 0.4) is 0 Å². The van der Waals surface area contributed by atoms with Gasteiger partial charge in [-0.15, -0.1) is 0 Å². The lowest BCUT2D eigenvalue weighted by Crippen LogP contribution is -2.02. The summed E-state index contributed by atoms with van der Waals surface area (Å²) in [7, 11) is 0. The summed E-state index contributed by atoms with van der Waals surface area (Å²) in [6, 6.07) is 11.3. The number of carboxylic acids is 1. The van der Waals surface area contributed by atoms with Crippen LogP contribution in [0.2, 0.25) is 0 Å². The van der Waals surface area contributed by atoms with Crippen molar-refractivity contribution >= 4 is 21.9 Å². The molecule has 2 rings (SSSR count). The normalized spacial score (nSPS) is 10.1. The van der Waals surface area contributed by atoms with Crippen molar-refractivity contribution < 1.29 is 14.6 Å². The van der Waals surface area contributed by atoms with Gasteiger partial charge in [-0.05, 0) is 27.6 Å². The quantitative estimate of drug-likeness (QED) is 0.943. The molecule has 0 aliphatic rings. The van der Waals surface area contributed by atoms with Gasteiger partial charge in [-0.1, -0.05) is 30.3 Å². The number of nitrogens with zero attached hydrogens (tertiary/aromatic N) is 1. The number of aromatic nitrogens is 1. The Morgan fingerprint density at radius 2 is 2.06 bits per heavy atom. The first-order valence-electron chi connectivity index (χ1n) is 5.22. The predicted molar refractivity (Wildman–Crippen MR) is 69.7 cm³/mol. The monoisotopic (exact) mass is 307 g/mol. The zero-order valence-electron chi connectivity index (χ0n) is 9.34. The second-order valence-corrected chi connectivity index (χ2v) is 4.44. The van der Waals surface area contributed by atoms with Gasteiger partial charge in [0.1, 0.15) is 12.4 Å². The molecule has 0 atom stereocenters. The zero-order chi connectivity index (χ0) is 13.0. The van der Waals surface area contributed by atoms with E-state index in [0.29, 0.717) is 16.8 Å². The van der Waals surface area contributed by atoms with E-state index in [1.54, 1.807) is 6.07 Å². The van der Waals surface area contributed by atoms with Crippen LogP contribution in [0.5, 0.6) is 5.75 Å². The third kappa shape index (κ3) is 3.07. The van der Waals surface area contributed by atoms with Gasteiger partial charge in [0.05, 0.1) is 10.7 Å². The molecule has 1 aromatic carbocycles. The summed E-state index contributed by atoms with van der Waals surface area (Å²) in [5.41, 5.74) is 1.01. The van der Waals surface area contributed by atoms with E-state index in [2.05, 4.69) is 20.9 Å². The minimum Gasteiger partial charge on any atom is -0.487 e. The van der Waals surface area contributed by atoms with Gasteiger partial charge in [0.25, 0.3) is 0 Å². The van der Waals surface area contributed by atoms with Crippen LogP contribution in [0.4, 0.5) is 0 Å². The van der Waals surface area contributed by atoms with Gasteiger partial charge < -0.3 is 9.84 Å². The van der Waals surface area contributed by atoms with Crippen molar-refractivity contribution in [2.75, 3.05) is 0 Å². The first-order chi connectivity index (χ1) is 8.66. The maximum atomic E-state index is 10.8. The SMILES string of the molecule is O=C(O)c1ncc(OCc2ccccc2)cc1Br. The third-order valence-corrected chi connectivity index (χ3v) is 2.87. The number of carbonyl (C=O) groups is 1. The number of carboxylic acid groups (broad SMARTS) is 1. The number of pyridine rings is 1. The Labute approximate surface area is 112 Å². The zero-order valence-corrected chi connectivity index (χ0v) is 10.9. The average Bonchev–Trinajstić information content (AvgIpc) is 2.37. The average molecular weight is 308 g/mol. The van der Waals surface area contributed by atoms with E-state index in [-0.39, 0.29) is 5.69 Å². The van der Waals surface area contributed by atoms with Crippen molar-refractivity contribution in [3.63, 3.8) is 0 Å². The minimum atomic E-state index is -1.07. The molecule has 1 N–H and O–H groups in total. The number of hydrogen-bond donors (Lipinski definition) is 1. The Morgan fingerprint density at radius 3 is 2.67 bits per heavy atom. The van der Waals surface area contributed by atoms with E-state index < -0.39 is 5.97 Å². The number of rotatable bonds is 4. The highest BCUT2D eigenvalue weighted by atomic mass is 79.9. The molecule has 1 aromatic heterocycles. The molecule has 1 heterocycles. The van der Waals surface area contributed by atoms with Crippen molar-refractivity contribution in [1.29, 1.82) is 0 Å². The fourth-order valence-corrected chi connectivity index (χ4v) is 1.90. The summed E-state index contributed by atoms with van der Waals surface area (Å²) in [5.74, 6) is -0.549. The van der Waals surface area contributed by atoms with Gasteiger partial charge in [0.15, 0.2) is 5.69 Å². The molecule has 0 fully saturated rings. The van der Waals surface area contributed by atoms with Gasteiger partial charge in [0, 0.05) is 0 Å². The molecule has 4 nitrogen and oxygen atoms in total. The smallest absolute Gasteiger partial charge is 0.355 e. The Balaban J connectivity index is 2.07. The maximum absolute atomic E-state index is 10.8. The molecule has 5 heteroatoms. The number of benzene rings is 1. The molecule has 0 unspecified atom stereocenters. The van der Waals surface area contributed by atoms with Gasteiger partial charge in [-0.2, -0.15) is 0 Å². The molecule has 0 spiro atoms. The summed E-state index contributed by atoms with van der Waals surface area (Å²) >= 11 is 3.15. The van der Waals surface area contributed by atoms with E-state index in [0.717, 1.165) is 5.56 Å². The second kappa shape index (κ2) is 5.64. The van der Waals surface area contributed by atoms with Crippen molar-refractivity contribution in [1.82, 2.24) is 4.98 Å². The van der Waals surface area contributed by atoms with Crippen molar-refractivity contribution in [3.05, 3.63) is 58.3 Å². The Bertz CT molecular complexity index is 557. The van der Waals surface area contributed by atoms with E-state index in [9.17, 15) is 4.79 Å². The highest BCUT2D eigenvalue weighted by molar-refractivity contribution is 9.10. The second-order valence-electron chi connectivity index (χ2n) is 3.58. The Hall–Kier alpha value is -1.88. The lowest BCUT2D eigenvalue weighted by atomic mass is 10.2. The number of aromatic carboxylic acids is 1. The summed E-state index contributed by atoms with van der Waals surface area (Å²) in [5, 5.41) is 8.83. The van der Waals surface area contributed by atoms with Crippen LogP contribution in [0.25, 0.3) is 0 Å². The van der Waals surface area contributed by atoms with E-state index >= 15 is 0 Å². The maximum Gasteiger partial charge on any atom is 0.355 e. The molecule has 0 saturated carbocycles. The van der Waals surface area contributed by atoms with Gasteiger partial charge >= 0.3 is 5.97 Å².